The standard InChI is InChI=1S/C10H14Cl2O/c11-5-10(6-12)8-2-1-7(3-8)4-9(10)13/h7-8H,1-6H2/t7-,8+/m0/s1. The molecule has 0 aromatic rings. The first-order valence-electron chi connectivity index (χ1n) is 4.88. The van der Waals surface area contributed by atoms with Crippen molar-refractivity contribution in [2.45, 2.75) is 25.7 Å². The molecule has 74 valence electrons. The van der Waals surface area contributed by atoms with Crippen molar-refractivity contribution in [3.05, 3.63) is 0 Å². The molecule has 0 N–H and O–H groups in total. The van der Waals surface area contributed by atoms with Crippen LogP contribution in [-0.2, 0) is 4.79 Å². The molecule has 0 aromatic carbocycles. The van der Waals surface area contributed by atoms with Gasteiger partial charge in [0.2, 0.25) is 0 Å². The summed E-state index contributed by atoms with van der Waals surface area (Å²) < 4.78 is 0. The van der Waals surface area contributed by atoms with Crippen molar-refractivity contribution in [2.75, 3.05) is 11.8 Å². The highest BCUT2D eigenvalue weighted by Crippen LogP contribution is 2.51. The lowest BCUT2D eigenvalue weighted by molar-refractivity contribution is -0.132. The van der Waals surface area contributed by atoms with Gasteiger partial charge in [0.15, 0.2) is 0 Å². The fraction of sp³-hybridized carbons (Fsp3) is 0.900. The molecule has 3 heteroatoms. The minimum atomic E-state index is -0.379. The number of carbonyl (C=O) groups excluding carboxylic acids is 1. The molecule has 2 rings (SSSR count). The van der Waals surface area contributed by atoms with Crippen LogP contribution in [0.3, 0.4) is 0 Å². The summed E-state index contributed by atoms with van der Waals surface area (Å²) in [6, 6.07) is 0. The summed E-state index contributed by atoms with van der Waals surface area (Å²) in [5.41, 5.74) is -0.379. The zero-order chi connectivity index (χ0) is 9.47. The normalized spacial score (nSPS) is 36.6. The van der Waals surface area contributed by atoms with E-state index in [1.54, 1.807) is 0 Å². The van der Waals surface area contributed by atoms with E-state index >= 15 is 0 Å². The van der Waals surface area contributed by atoms with Gasteiger partial charge in [-0.3, -0.25) is 4.79 Å². The number of Topliss-reactive ketones (excluding diaryl/α,β-unsaturated/α-hetero) is 1. The molecule has 13 heavy (non-hydrogen) atoms. The number of rotatable bonds is 2. The van der Waals surface area contributed by atoms with E-state index in [-0.39, 0.29) is 5.41 Å². The summed E-state index contributed by atoms with van der Waals surface area (Å²) in [5, 5.41) is 0. The number of fused-ring (bicyclic) bond motifs is 2. The van der Waals surface area contributed by atoms with E-state index in [2.05, 4.69) is 0 Å². The van der Waals surface area contributed by atoms with Crippen molar-refractivity contribution in [3.63, 3.8) is 0 Å². The summed E-state index contributed by atoms with van der Waals surface area (Å²) in [4.78, 5) is 11.9. The molecule has 0 saturated heterocycles. The predicted octanol–water partition coefficient (Wildman–Crippen LogP) is 2.84. The summed E-state index contributed by atoms with van der Waals surface area (Å²) in [7, 11) is 0. The van der Waals surface area contributed by atoms with Gasteiger partial charge in [0.25, 0.3) is 0 Å². The summed E-state index contributed by atoms with van der Waals surface area (Å²) in [6.07, 6.45) is 4.24. The van der Waals surface area contributed by atoms with Crippen molar-refractivity contribution in [3.8, 4) is 0 Å². The molecule has 0 heterocycles. The fourth-order valence-electron chi connectivity index (χ4n) is 2.86. The highest BCUT2D eigenvalue weighted by molar-refractivity contribution is 6.24. The van der Waals surface area contributed by atoms with E-state index in [0.29, 0.717) is 29.4 Å². The SMILES string of the molecule is O=C1C[C@H]2CC[C@H](C2)C1(CCl)CCl. The molecule has 2 bridgehead atoms. The number of hydrogen-bond acceptors (Lipinski definition) is 1. The van der Waals surface area contributed by atoms with E-state index in [9.17, 15) is 4.79 Å². The maximum Gasteiger partial charge on any atom is 0.141 e. The highest BCUT2D eigenvalue weighted by atomic mass is 35.5. The second-order valence-corrected chi connectivity index (χ2v) is 4.96. The third-order valence-corrected chi connectivity index (χ3v) is 4.78. The molecule has 0 unspecified atom stereocenters. The Bertz CT molecular complexity index is 223. The van der Waals surface area contributed by atoms with E-state index in [1.807, 2.05) is 0 Å². The number of carbonyl (C=O) groups is 1. The summed E-state index contributed by atoms with van der Waals surface area (Å²) in [6.45, 7) is 0. The van der Waals surface area contributed by atoms with Crippen LogP contribution >= 0.6 is 23.2 Å². The lowest BCUT2D eigenvalue weighted by Crippen LogP contribution is -2.44. The molecule has 2 aliphatic carbocycles. The van der Waals surface area contributed by atoms with Gasteiger partial charge in [-0.25, -0.2) is 0 Å². The van der Waals surface area contributed by atoms with Crippen LogP contribution in [0.4, 0.5) is 0 Å². The Morgan fingerprint density at radius 3 is 2.62 bits per heavy atom. The maximum absolute atomic E-state index is 11.9. The van der Waals surface area contributed by atoms with Crippen molar-refractivity contribution in [1.82, 2.24) is 0 Å². The quantitative estimate of drug-likeness (QED) is 0.655. The molecule has 2 fully saturated rings. The third-order valence-electron chi connectivity index (χ3n) is 3.83. The van der Waals surface area contributed by atoms with E-state index < -0.39 is 0 Å². The molecule has 2 atom stereocenters. The van der Waals surface area contributed by atoms with Crippen molar-refractivity contribution < 1.29 is 4.79 Å². The van der Waals surface area contributed by atoms with Crippen LogP contribution in [0.2, 0.25) is 0 Å². The van der Waals surface area contributed by atoms with Gasteiger partial charge in [0.1, 0.15) is 5.78 Å². The average Bonchev–Trinajstić information content (AvgIpc) is 2.53. The Hall–Kier alpha value is 0.250. The lowest BCUT2D eigenvalue weighted by Gasteiger charge is -2.37. The number of alkyl halides is 2. The second kappa shape index (κ2) is 3.43. The molecule has 0 amide bonds. The predicted molar refractivity (Wildman–Crippen MR) is 54.3 cm³/mol. The van der Waals surface area contributed by atoms with Gasteiger partial charge in [0, 0.05) is 18.2 Å². The van der Waals surface area contributed by atoms with Crippen molar-refractivity contribution >= 4 is 29.0 Å². The van der Waals surface area contributed by atoms with Crippen LogP contribution in [0, 0.1) is 17.3 Å². The molecule has 0 radical (unpaired) electrons. The minimum absolute atomic E-state index is 0.316. The Morgan fingerprint density at radius 1 is 1.31 bits per heavy atom. The van der Waals surface area contributed by atoms with Crippen molar-refractivity contribution in [1.29, 1.82) is 0 Å². The molecule has 0 aromatic heterocycles. The molecule has 2 aliphatic rings. The van der Waals surface area contributed by atoms with Gasteiger partial charge < -0.3 is 0 Å². The van der Waals surface area contributed by atoms with E-state index in [4.69, 9.17) is 23.2 Å². The number of hydrogen-bond donors (Lipinski definition) is 0. The monoisotopic (exact) mass is 220 g/mol. The number of ketones is 1. The zero-order valence-electron chi connectivity index (χ0n) is 7.56. The highest BCUT2D eigenvalue weighted by Gasteiger charge is 2.51. The Morgan fingerprint density at radius 2 is 2.00 bits per heavy atom. The molecule has 0 spiro atoms. The first-order valence-corrected chi connectivity index (χ1v) is 5.95. The van der Waals surface area contributed by atoms with Gasteiger partial charge in [-0.1, -0.05) is 0 Å². The fourth-order valence-corrected chi connectivity index (χ4v) is 3.88. The third kappa shape index (κ3) is 1.32. The largest absolute Gasteiger partial charge is 0.299 e. The van der Waals surface area contributed by atoms with Crippen LogP contribution in [0.15, 0.2) is 0 Å². The van der Waals surface area contributed by atoms with Gasteiger partial charge in [-0.15, -0.1) is 23.2 Å². The molecule has 2 saturated carbocycles. The molecule has 0 aliphatic heterocycles. The second-order valence-electron chi connectivity index (χ2n) is 4.43. The average molecular weight is 221 g/mol. The smallest absolute Gasteiger partial charge is 0.141 e. The van der Waals surface area contributed by atoms with Crippen LogP contribution in [0.25, 0.3) is 0 Å². The summed E-state index contributed by atoms with van der Waals surface area (Å²) >= 11 is 11.8. The Balaban J connectivity index is 2.28. The van der Waals surface area contributed by atoms with Gasteiger partial charge >= 0.3 is 0 Å². The van der Waals surface area contributed by atoms with Gasteiger partial charge in [-0.05, 0) is 31.1 Å². The Labute approximate surface area is 88.8 Å². The van der Waals surface area contributed by atoms with Crippen LogP contribution in [0.1, 0.15) is 25.7 Å². The Kier molecular flexibility index (Phi) is 2.59. The molecular weight excluding hydrogens is 207 g/mol. The first-order chi connectivity index (χ1) is 6.23. The van der Waals surface area contributed by atoms with E-state index in [0.717, 1.165) is 12.8 Å². The first kappa shape index (κ1) is 9.79. The van der Waals surface area contributed by atoms with Crippen molar-refractivity contribution in [2.24, 2.45) is 17.3 Å². The lowest BCUT2D eigenvalue weighted by atomic mass is 9.68. The van der Waals surface area contributed by atoms with Crippen LogP contribution in [-0.4, -0.2) is 17.5 Å². The summed E-state index contributed by atoms with van der Waals surface area (Å²) in [5.74, 6) is 2.24. The number of halogens is 2. The topological polar surface area (TPSA) is 17.1 Å². The van der Waals surface area contributed by atoms with Gasteiger partial charge in [0.05, 0.1) is 5.41 Å². The van der Waals surface area contributed by atoms with Crippen LogP contribution < -0.4 is 0 Å². The maximum atomic E-state index is 11.9. The molecular formula is C10H14Cl2O. The van der Waals surface area contributed by atoms with Gasteiger partial charge in [-0.2, -0.15) is 0 Å². The molecule has 1 nitrogen and oxygen atoms in total. The van der Waals surface area contributed by atoms with E-state index in [1.165, 1.54) is 12.8 Å². The zero-order valence-corrected chi connectivity index (χ0v) is 9.07. The van der Waals surface area contributed by atoms with Crippen LogP contribution in [0.5, 0.6) is 0 Å². The minimum Gasteiger partial charge on any atom is -0.299 e.